The van der Waals surface area contributed by atoms with Gasteiger partial charge >= 0.3 is 0 Å². The number of nitrogens with one attached hydrogen (secondary N) is 1. The van der Waals surface area contributed by atoms with Crippen molar-refractivity contribution in [2.24, 2.45) is 0 Å². The van der Waals surface area contributed by atoms with Crippen molar-refractivity contribution >= 4 is 22.7 Å². The number of nitrogens with zero attached hydrogens (tertiary/aromatic N) is 3. The van der Waals surface area contributed by atoms with Gasteiger partial charge in [-0.15, -0.1) is 0 Å². The van der Waals surface area contributed by atoms with Crippen molar-refractivity contribution in [2.45, 2.75) is 12.8 Å². The second-order valence-corrected chi connectivity index (χ2v) is 6.80. The lowest BCUT2D eigenvalue weighted by Crippen LogP contribution is -2.38. The van der Waals surface area contributed by atoms with Gasteiger partial charge in [-0.2, -0.15) is 0 Å². The maximum atomic E-state index is 12.8. The van der Waals surface area contributed by atoms with Gasteiger partial charge in [-0.3, -0.25) is 14.6 Å². The molecule has 4 rings (SSSR count). The van der Waals surface area contributed by atoms with E-state index in [2.05, 4.69) is 9.97 Å². The Balaban J connectivity index is 1.40. The first-order valence-electron chi connectivity index (χ1n) is 9.24. The van der Waals surface area contributed by atoms with E-state index < -0.39 is 0 Å². The van der Waals surface area contributed by atoms with E-state index in [0.717, 1.165) is 22.9 Å². The molecular formula is C21H22N4O2. The maximum absolute atomic E-state index is 12.8. The Bertz CT molecular complexity index is 951. The molecule has 138 valence electrons. The molecule has 27 heavy (non-hydrogen) atoms. The zero-order valence-corrected chi connectivity index (χ0v) is 15.1. The van der Waals surface area contributed by atoms with E-state index in [1.807, 2.05) is 40.3 Å². The molecule has 6 heteroatoms. The van der Waals surface area contributed by atoms with Crippen LogP contribution in [0.15, 0.2) is 55.0 Å². The molecule has 1 fully saturated rings. The third-order valence-corrected chi connectivity index (χ3v) is 5.08. The van der Waals surface area contributed by atoms with Crippen LogP contribution in [0.2, 0.25) is 0 Å². The van der Waals surface area contributed by atoms with E-state index in [1.54, 1.807) is 24.5 Å². The molecule has 0 bridgehead atoms. The summed E-state index contributed by atoms with van der Waals surface area (Å²) < 4.78 is 0. The van der Waals surface area contributed by atoms with Gasteiger partial charge < -0.3 is 14.8 Å². The summed E-state index contributed by atoms with van der Waals surface area (Å²) in [7, 11) is 0. The Hall–Kier alpha value is -3.15. The molecule has 6 nitrogen and oxygen atoms in total. The van der Waals surface area contributed by atoms with Crippen molar-refractivity contribution in [3.63, 3.8) is 0 Å². The smallest absolute Gasteiger partial charge is 0.254 e. The Labute approximate surface area is 157 Å². The van der Waals surface area contributed by atoms with Gasteiger partial charge in [0.25, 0.3) is 5.91 Å². The molecular weight excluding hydrogens is 340 g/mol. The van der Waals surface area contributed by atoms with Crippen LogP contribution in [0.25, 0.3) is 10.9 Å². The van der Waals surface area contributed by atoms with Crippen LogP contribution in [0.1, 0.15) is 22.3 Å². The summed E-state index contributed by atoms with van der Waals surface area (Å²) >= 11 is 0. The molecule has 3 aromatic rings. The van der Waals surface area contributed by atoms with Crippen molar-refractivity contribution in [1.82, 2.24) is 19.8 Å². The van der Waals surface area contributed by atoms with Crippen LogP contribution in [0.4, 0.5) is 0 Å². The van der Waals surface area contributed by atoms with E-state index in [1.165, 1.54) is 0 Å². The normalized spacial score (nSPS) is 15.0. The first-order valence-corrected chi connectivity index (χ1v) is 9.24. The zero-order valence-electron chi connectivity index (χ0n) is 15.1. The Kier molecular flexibility index (Phi) is 4.87. The van der Waals surface area contributed by atoms with Crippen LogP contribution >= 0.6 is 0 Å². The second kappa shape index (κ2) is 7.61. The molecule has 1 aliphatic heterocycles. The topological polar surface area (TPSA) is 69.3 Å². The van der Waals surface area contributed by atoms with E-state index in [-0.39, 0.29) is 11.8 Å². The predicted molar refractivity (Wildman–Crippen MR) is 103 cm³/mol. The van der Waals surface area contributed by atoms with Crippen molar-refractivity contribution in [3.8, 4) is 0 Å². The number of rotatable bonds is 3. The minimum absolute atomic E-state index is 0.00308. The van der Waals surface area contributed by atoms with Gasteiger partial charge in [-0.25, -0.2) is 0 Å². The lowest BCUT2D eigenvalue weighted by Gasteiger charge is -2.22. The average Bonchev–Trinajstić information content (AvgIpc) is 2.95. The Morgan fingerprint density at radius 1 is 0.963 bits per heavy atom. The van der Waals surface area contributed by atoms with Crippen LogP contribution in [0.5, 0.6) is 0 Å². The summed E-state index contributed by atoms with van der Waals surface area (Å²) in [5.41, 5.74) is 2.71. The van der Waals surface area contributed by atoms with Crippen molar-refractivity contribution in [2.75, 3.05) is 26.2 Å². The highest BCUT2D eigenvalue weighted by Crippen LogP contribution is 2.19. The first-order chi connectivity index (χ1) is 13.2. The molecule has 0 atom stereocenters. The van der Waals surface area contributed by atoms with Crippen LogP contribution in [-0.2, 0) is 11.2 Å². The minimum atomic E-state index is 0.00308. The summed E-state index contributed by atoms with van der Waals surface area (Å²) in [6.45, 7) is 2.47. The minimum Gasteiger partial charge on any atom is -0.361 e. The fourth-order valence-electron chi connectivity index (χ4n) is 3.60. The van der Waals surface area contributed by atoms with Crippen molar-refractivity contribution < 1.29 is 9.59 Å². The molecule has 2 aromatic heterocycles. The standard InChI is InChI=1S/C21H22N4O2/c26-20(14-17-15-23-19-5-2-1-4-18(17)19)24-10-3-11-25(13-12-24)21(27)16-6-8-22-9-7-16/h1-2,4-9,15,23H,3,10-14H2. The number of aromatic amines is 1. The number of carbonyl (C=O) groups excluding carboxylic acids is 2. The fourth-order valence-corrected chi connectivity index (χ4v) is 3.60. The van der Waals surface area contributed by atoms with Crippen molar-refractivity contribution in [1.29, 1.82) is 0 Å². The number of benzene rings is 1. The van der Waals surface area contributed by atoms with E-state index >= 15 is 0 Å². The average molecular weight is 362 g/mol. The Morgan fingerprint density at radius 3 is 2.56 bits per heavy atom. The summed E-state index contributed by atoms with van der Waals surface area (Å²) in [5.74, 6) is 0.112. The van der Waals surface area contributed by atoms with Crippen LogP contribution in [-0.4, -0.2) is 57.8 Å². The molecule has 0 unspecified atom stereocenters. The number of pyridine rings is 1. The number of aromatic nitrogens is 2. The van der Waals surface area contributed by atoms with Crippen LogP contribution < -0.4 is 0 Å². The summed E-state index contributed by atoms with van der Waals surface area (Å²) in [4.78, 5) is 36.3. The molecule has 1 aromatic carbocycles. The van der Waals surface area contributed by atoms with Gasteiger partial charge in [0, 0.05) is 61.2 Å². The predicted octanol–water partition coefficient (Wildman–Crippen LogP) is 2.48. The molecule has 1 saturated heterocycles. The largest absolute Gasteiger partial charge is 0.361 e. The lowest BCUT2D eigenvalue weighted by atomic mass is 10.1. The summed E-state index contributed by atoms with van der Waals surface area (Å²) in [5, 5.41) is 1.09. The highest BCUT2D eigenvalue weighted by Gasteiger charge is 2.23. The number of para-hydroxylation sites is 1. The van der Waals surface area contributed by atoms with E-state index in [9.17, 15) is 9.59 Å². The number of amides is 2. The molecule has 0 spiro atoms. The molecule has 1 aliphatic rings. The summed E-state index contributed by atoms with van der Waals surface area (Å²) in [6, 6.07) is 11.5. The molecule has 2 amide bonds. The SMILES string of the molecule is O=C(Cc1c[nH]c2ccccc12)N1CCCN(C(=O)c2ccncc2)CC1. The summed E-state index contributed by atoms with van der Waals surface area (Å²) in [6.07, 6.45) is 6.34. The van der Waals surface area contributed by atoms with Gasteiger partial charge in [0.2, 0.25) is 5.91 Å². The number of H-pyrrole nitrogens is 1. The monoisotopic (exact) mass is 362 g/mol. The molecule has 0 saturated carbocycles. The third-order valence-electron chi connectivity index (χ3n) is 5.08. The number of carbonyl (C=O) groups is 2. The maximum Gasteiger partial charge on any atom is 0.254 e. The molecule has 3 heterocycles. The number of hydrogen-bond donors (Lipinski definition) is 1. The number of hydrogen-bond acceptors (Lipinski definition) is 3. The van der Waals surface area contributed by atoms with Crippen LogP contribution in [0.3, 0.4) is 0 Å². The van der Waals surface area contributed by atoms with Gasteiger partial charge in [-0.1, -0.05) is 18.2 Å². The lowest BCUT2D eigenvalue weighted by molar-refractivity contribution is -0.130. The van der Waals surface area contributed by atoms with Crippen molar-refractivity contribution in [3.05, 3.63) is 66.1 Å². The second-order valence-electron chi connectivity index (χ2n) is 6.80. The van der Waals surface area contributed by atoms with Crippen LogP contribution in [0, 0.1) is 0 Å². The van der Waals surface area contributed by atoms with Gasteiger partial charge in [0.1, 0.15) is 0 Å². The third kappa shape index (κ3) is 3.69. The van der Waals surface area contributed by atoms with Gasteiger partial charge in [0.05, 0.1) is 6.42 Å². The van der Waals surface area contributed by atoms with E-state index in [4.69, 9.17) is 0 Å². The zero-order chi connectivity index (χ0) is 18.6. The molecule has 1 N–H and O–H groups in total. The van der Waals surface area contributed by atoms with Gasteiger partial charge in [-0.05, 0) is 30.2 Å². The number of fused-ring (bicyclic) bond motifs is 1. The Morgan fingerprint density at radius 2 is 1.70 bits per heavy atom. The quantitative estimate of drug-likeness (QED) is 0.778. The van der Waals surface area contributed by atoms with E-state index in [0.29, 0.717) is 38.2 Å². The molecule has 0 aliphatic carbocycles. The highest BCUT2D eigenvalue weighted by molar-refractivity contribution is 5.94. The first kappa shape index (κ1) is 17.3. The highest BCUT2D eigenvalue weighted by atomic mass is 16.2. The molecule has 0 radical (unpaired) electrons. The van der Waals surface area contributed by atoms with Gasteiger partial charge in [0.15, 0.2) is 0 Å². The fraction of sp³-hybridized carbons (Fsp3) is 0.286.